The highest BCUT2D eigenvalue weighted by atomic mass is 16.5. The van der Waals surface area contributed by atoms with Crippen molar-refractivity contribution in [1.82, 2.24) is 14.5 Å². The number of aryl methyl sites for hydroxylation is 1. The number of anilines is 2. The molecule has 0 N–H and O–H groups in total. The van der Waals surface area contributed by atoms with Crippen molar-refractivity contribution in [3.8, 4) is 5.75 Å². The summed E-state index contributed by atoms with van der Waals surface area (Å²) in [6.07, 6.45) is 3.60. The zero-order chi connectivity index (χ0) is 17.9. The molecule has 0 bridgehead atoms. The SMILES string of the molecule is CN(c1ccc(OCc2ccccc2)cc1)c1cc2c(cn1)ncn2C. The van der Waals surface area contributed by atoms with E-state index in [1.165, 1.54) is 0 Å². The van der Waals surface area contributed by atoms with Crippen LogP contribution < -0.4 is 9.64 Å². The summed E-state index contributed by atoms with van der Waals surface area (Å²) in [5.74, 6) is 1.72. The molecule has 2 aromatic carbocycles. The molecule has 4 aromatic rings. The van der Waals surface area contributed by atoms with Crippen molar-refractivity contribution in [2.45, 2.75) is 6.61 Å². The average molecular weight is 344 g/mol. The number of nitrogens with zero attached hydrogens (tertiary/aromatic N) is 4. The van der Waals surface area contributed by atoms with Crippen LogP contribution in [0, 0.1) is 0 Å². The molecule has 0 aliphatic heterocycles. The lowest BCUT2D eigenvalue weighted by molar-refractivity contribution is 0.306. The van der Waals surface area contributed by atoms with E-state index in [-0.39, 0.29) is 0 Å². The van der Waals surface area contributed by atoms with Gasteiger partial charge in [-0.3, -0.25) is 0 Å². The van der Waals surface area contributed by atoms with Crippen molar-refractivity contribution in [2.24, 2.45) is 7.05 Å². The maximum absolute atomic E-state index is 5.85. The minimum absolute atomic E-state index is 0.564. The largest absolute Gasteiger partial charge is 0.489 e. The van der Waals surface area contributed by atoms with Crippen molar-refractivity contribution < 1.29 is 4.74 Å². The number of rotatable bonds is 5. The predicted molar refractivity (Wildman–Crippen MR) is 104 cm³/mol. The quantitative estimate of drug-likeness (QED) is 0.541. The molecule has 0 atom stereocenters. The van der Waals surface area contributed by atoms with E-state index in [4.69, 9.17) is 4.74 Å². The second-order valence-corrected chi connectivity index (χ2v) is 6.21. The smallest absolute Gasteiger partial charge is 0.134 e. The Balaban J connectivity index is 1.49. The van der Waals surface area contributed by atoms with Gasteiger partial charge in [-0.25, -0.2) is 9.97 Å². The molecule has 2 aromatic heterocycles. The Bertz CT molecular complexity index is 1010. The van der Waals surface area contributed by atoms with E-state index in [9.17, 15) is 0 Å². The number of hydrogen-bond acceptors (Lipinski definition) is 4. The molecule has 0 radical (unpaired) electrons. The Morgan fingerprint density at radius 2 is 1.77 bits per heavy atom. The Morgan fingerprint density at radius 1 is 1.00 bits per heavy atom. The maximum atomic E-state index is 5.85. The monoisotopic (exact) mass is 344 g/mol. The molecule has 2 heterocycles. The van der Waals surface area contributed by atoms with Gasteiger partial charge in [0.1, 0.15) is 23.7 Å². The van der Waals surface area contributed by atoms with E-state index in [1.807, 2.05) is 72.1 Å². The number of imidazole rings is 1. The van der Waals surface area contributed by atoms with Crippen LogP contribution in [0.5, 0.6) is 5.75 Å². The van der Waals surface area contributed by atoms with E-state index >= 15 is 0 Å². The van der Waals surface area contributed by atoms with Gasteiger partial charge in [0, 0.05) is 25.8 Å². The standard InChI is InChI=1S/C21H20N4O/c1-24-15-23-19-13-22-21(12-20(19)24)25(2)17-8-10-18(11-9-17)26-14-16-6-4-3-5-7-16/h3-13,15H,14H2,1-2H3. The Morgan fingerprint density at radius 3 is 2.54 bits per heavy atom. The summed E-state index contributed by atoms with van der Waals surface area (Å²) in [5, 5.41) is 0. The van der Waals surface area contributed by atoms with E-state index in [0.717, 1.165) is 33.9 Å². The van der Waals surface area contributed by atoms with Crippen LogP contribution >= 0.6 is 0 Å². The molecule has 0 aliphatic carbocycles. The first-order chi connectivity index (χ1) is 12.7. The van der Waals surface area contributed by atoms with Crippen molar-refractivity contribution in [1.29, 1.82) is 0 Å². The topological polar surface area (TPSA) is 43.2 Å². The predicted octanol–water partition coefficient (Wildman–Crippen LogP) is 4.32. The van der Waals surface area contributed by atoms with Gasteiger partial charge in [0.05, 0.1) is 18.0 Å². The molecule has 5 heteroatoms. The molecule has 0 aliphatic rings. The van der Waals surface area contributed by atoms with Gasteiger partial charge < -0.3 is 14.2 Å². The second-order valence-electron chi connectivity index (χ2n) is 6.21. The van der Waals surface area contributed by atoms with E-state index < -0.39 is 0 Å². The second kappa shape index (κ2) is 6.88. The number of pyridine rings is 1. The fourth-order valence-corrected chi connectivity index (χ4v) is 2.84. The van der Waals surface area contributed by atoms with Crippen LogP contribution in [0.2, 0.25) is 0 Å². The molecule has 0 amide bonds. The van der Waals surface area contributed by atoms with Crippen molar-refractivity contribution in [3.05, 3.63) is 78.8 Å². The molecule has 26 heavy (non-hydrogen) atoms. The summed E-state index contributed by atoms with van der Waals surface area (Å²) >= 11 is 0. The summed E-state index contributed by atoms with van der Waals surface area (Å²) in [6, 6.07) is 20.2. The molecule has 5 nitrogen and oxygen atoms in total. The number of hydrogen-bond donors (Lipinski definition) is 0. The molecule has 0 spiro atoms. The molecular weight excluding hydrogens is 324 g/mol. The van der Waals surface area contributed by atoms with Gasteiger partial charge in [-0.15, -0.1) is 0 Å². The van der Waals surface area contributed by atoms with Crippen LogP contribution in [0.25, 0.3) is 11.0 Å². The third-order valence-corrected chi connectivity index (χ3v) is 4.41. The third-order valence-electron chi connectivity index (χ3n) is 4.41. The van der Waals surface area contributed by atoms with Crippen LogP contribution in [0.4, 0.5) is 11.5 Å². The first kappa shape index (κ1) is 16.1. The van der Waals surface area contributed by atoms with Crippen molar-refractivity contribution >= 4 is 22.5 Å². The Labute approximate surface area is 152 Å². The van der Waals surface area contributed by atoms with E-state index in [2.05, 4.69) is 22.1 Å². The highest BCUT2D eigenvalue weighted by Crippen LogP contribution is 2.26. The first-order valence-electron chi connectivity index (χ1n) is 8.48. The van der Waals surface area contributed by atoms with Crippen LogP contribution in [-0.4, -0.2) is 21.6 Å². The number of benzene rings is 2. The van der Waals surface area contributed by atoms with Gasteiger partial charge >= 0.3 is 0 Å². The number of ether oxygens (including phenoxy) is 1. The normalized spacial score (nSPS) is 10.8. The minimum Gasteiger partial charge on any atom is -0.489 e. The fourth-order valence-electron chi connectivity index (χ4n) is 2.84. The summed E-state index contributed by atoms with van der Waals surface area (Å²) in [6.45, 7) is 0.564. The Kier molecular flexibility index (Phi) is 4.27. The third kappa shape index (κ3) is 3.24. The average Bonchev–Trinajstić information content (AvgIpc) is 3.07. The van der Waals surface area contributed by atoms with Crippen LogP contribution in [0.1, 0.15) is 5.56 Å². The fraction of sp³-hybridized carbons (Fsp3) is 0.143. The van der Waals surface area contributed by atoms with Gasteiger partial charge in [-0.2, -0.15) is 0 Å². The lowest BCUT2D eigenvalue weighted by atomic mass is 10.2. The zero-order valence-corrected chi connectivity index (χ0v) is 14.8. The number of aromatic nitrogens is 3. The van der Waals surface area contributed by atoms with Crippen LogP contribution in [0.3, 0.4) is 0 Å². The van der Waals surface area contributed by atoms with Gasteiger partial charge in [-0.1, -0.05) is 30.3 Å². The van der Waals surface area contributed by atoms with Gasteiger partial charge in [0.15, 0.2) is 0 Å². The Hall–Kier alpha value is -3.34. The van der Waals surface area contributed by atoms with Crippen molar-refractivity contribution in [2.75, 3.05) is 11.9 Å². The van der Waals surface area contributed by atoms with Crippen molar-refractivity contribution in [3.63, 3.8) is 0 Å². The number of fused-ring (bicyclic) bond motifs is 1. The van der Waals surface area contributed by atoms with E-state index in [0.29, 0.717) is 6.61 Å². The molecular formula is C21H20N4O. The molecule has 0 saturated carbocycles. The maximum Gasteiger partial charge on any atom is 0.134 e. The zero-order valence-electron chi connectivity index (χ0n) is 14.8. The lowest BCUT2D eigenvalue weighted by Crippen LogP contribution is -2.11. The summed E-state index contributed by atoms with van der Waals surface area (Å²) in [4.78, 5) is 10.9. The highest BCUT2D eigenvalue weighted by Gasteiger charge is 2.09. The lowest BCUT2D eigenvalue weighted by Gasteiger charge is -2.19. The first-order valence-corrected chi connectivity index (χ1v) is 8.48. The van der Waals surface area contributed by atoms with E-state index in [1.54, 1.807) is 12.5 Å². The molecule has 0 fully saturated rings. The minimum atomic E-state index is 0.564. The molecule has 130 valence electrons. The van der Waals surface area contributed by atoms with Crippen LogP contribution in [-0.2, 0) is 13.7 Å². The summed E-state index contributed by atoms with van der Waals surface area (Å²) in [5.41, 5.74) is 4.16. The highest BCUT2D eigenvalue weighted by molar-refractivity contribution is 5.78. The van der Waals surface area contributed by atoms with Gasteiger partial charge in [0.25, 0.3) is 0 Å². The summed E-state index contributed by atoms with van der Waals surface area (Å²) in [7, 11) is 3.99. The molecule has 0 unspecified atom stereocenters. The van der Waals surface area contributed by atoms with Crippen LogP contribution in [0.15, 0.2) is 73.2 Å². The molecule has 0 saturated heterocycles. The van der Waals surface area contributed by atoms with Gasteiger partial charge in [0.2, 0.25) is 0 Å². The van der Waals surface area contributed by atoms with Gasteiger partial charge in [-0.05, 0) is 29.8 Å². The molecule has 4 rings (SSSR count). The summed E-state index contributed by atoms with van der Waals surface area (Å²) < 4.78 is 7.84.